The molecule has 6 atom stereocenters. The van der Waals surface area contributed by atoms with Crippen molar-refractivity contribution in [3.05, 3.63) is 58.9 Å². The van der Waals surface area contributed by atoms with Gasteiger partial charge in [0.2, 0.25) is 0 Å². The molecule has 1 aromatic carbocycles. The number of ether oxygens (including phenoxy) is 1. The quantitative estimate of drug-likeness (QED) is 0.432. The largest absolute Gasteiger partial charge is 0.362 e. The SMILES string of the molecule is Cc1cccc(C)c1C1CC2NC(NSC3CCCC(C3)CN(Cc3cccnn3)[C@H](CC(C)(C)C)CO2)N1. The van der Waals surface area contributed by atoms with Gasteiger partial charge in [-0.05, 0) is 79.7 Å². The Hall–Kier alpha value is -1.55. The number of fused-ring (bicyclic) bond motifs is 4. The highest BCUT2D eigenvalue weighted by molar-refractivity contribution is 7.98. The predicted molar refractivity (Wildman–Crippen MR) is 160 cm³/mol. The zero-order chi connectivity index (χ0) is 27.4. The van der Waals surface area contributed by atoms with Crippen LogP contribution in [-0.4, -0.2) is 52.1 Å². The smallest absolute Gasteiger partial charge is 0.123 e. The van der Waals surface area contributed by atoms with Crippen molar-refractivity contribution in [3.8, 4) is 0 Å². The summed E-state index contributed by atoms with van der Waals surface area (Å²) >= 11 is 1.92. The van der Waals surface area contributed by atoms with Gasteiger partial charge in [0, 0.05) is 43.0 Å². The lowest BCUT2D eigenvalue weighted by Gasteiger charge is -2.41. The topological polar surface area (TPSA) is 74.3 Å². The molecular weight excluding hydrogens is 504 g/mol. The Balaban J connectivity index is 1.43. The molecule has 2 aromatic rings. The van der Waals surface area contributed by atoms with Crippen molar-refractivity contribution >= 4 is 11.9 Å². The summed E-state index contributed by atoms with van der Waals surface area (Å²) in [4.78, 5) is 2.67. The van der Waals surface area contributed by atoms with E-state index in [1.165, 1.54) is 42.4 Å². The predicted octanol–water partition coefficient (Wildman–Crippen LogP) is 5.46. The molecule has 5 rings (SSSR count). The standard InChI is InChI=1S/C31H48N6OS/c1-21-9-6-10-22(2)29(21)27-16-28-34-30(33-27)36-39-26-13-7-11-23(15-26)18-37(19-24-12-8-14-32-35-24)25(20-38-28)17-31(3,4)5/h6,8-10,12,14,23,25-28,30,33-34,36H,7,11,13,15-20H2,1-5H3/t23?,25-,26?,27?,28?,30?/m1/s1. The van der Waals surface area contributed by atoms with Crippen LogP contribution in [-0.2, 0) is 11.3 Å². The van der Waals surface area contributed by atoms with Crippen molar-refractivity contribution in [1.29, 1.82) is 0 Å². The van der Waals surface area contributed by atoms with E-state index in [1.807, 2.05) is 18.0 Å². The van der Waals surface area contributed by atoms with Crippen LogP contribution in [0.15, 0.2) is 36.5 Å². The Labute approximate surface area is 239 Å². The molecular formula is C31H48N6OS. The van der Waals surface area contributed by atoms with Crippen LogP contribution in [0.25, 0.3) is 0 Å². The Morgan fingerprint density at radius 2 is 1.87 bits per heavy atom. The van der Waals surface area contributed by atoms with Crippen molar-refractivity contribution < 1.29 is 4.74 Å². The molecule has 4 bridgehead atoms. The fourth-order valence-electron chi connectivity index (χ4n) is 6.75. The number of rotatable bonds is 4. The Morgan fingerprint density at radius 3 is 2.62 bits per heavy atom. The maximum atomic E-state index is 6.82. The summed E-state index contributed by atoms with van der Waals surface area (Å²) in [6.45, 7) is 14.1. The van der Waals surface area contributed by atoms with Crippen LogP contribution in [0.5, 0.6) is 0 Å². The lowest BCUT2D eigenvalue weighted by Crippen LogP contribution is -2.61. The number of aryl methyl sites for hydroxylation is 2. The second-order valence-corrected chi connectivity index (χ2v) is 14.3. The van der Waals surface area contributed by atoms with Crippen LogP contribution < -0.4 is 15.4 Å². The number of nitrogens with one attached hydrogen (secondary N) is 3. The third-order valence-electron chi connectivity index (χ3n) is 8.49. The van der Waals surface area contributed by atoms with Crippen molar-refractivity contribution in [1.82, 2.24) is 30.5 Å². The van der Waals surface area contributed by atoms with E-state index in [9.17, 15) is 0 Å². The highest BCUT2D eigenvalue weighted by atomic mass is 32.2. The second-order valence-electron chi connectivity index (χ2n) is 13.1. The molecule has 0 amide bonds. The number of nitrogens with zero attached hydrogens (tertiary/aromatic N) is 3. The van der Waals surface area contributed by atoms with E-state index in [2.05, 4.69) is 89.3 Å². The van der Waals surface area contributed by atoms with E-state index in [4.69, 9.17) is 4.74 Å². The van der Waals surface area contributed by atoms with Gasteiger partial charge in [-0.15, -0.1) is 0 Å². The summed E-state index contributed by atoms with van der Waals surface area (Å²) in [5.41, 5.74) is 5.32. The fraction of sp³-hybridized carbons (Fsp3) is 0.677. The molecule has 0 radical (unpaired) electrons. The molecule has 0 spiro atoms. The first-order valence-electron chi connectivity index (χ1n) is 14.8. The van der Waals surface area contributed by atoms with E-state index in [0.29, 0.717) is 23.8 Å². The summed E-state index contributed by atoms with van der Waals surface area (Å²) < 4.78 is 10.6. The minimum absolute atomic E-state index is 0.00403. The maximum Gasteiger partial charge on any atom is 0.123 e. The molecule has 214 valence electrons. The molecule has 8 heteroatoms. The molecule has 1 aliphatic carbocycles. The van der Waals surface area contributed by atoms with E-state index in [1.54, 1.807) is 6.20 Å². The summed E-state index contributed by atoms with van der Waals surface area (Å²) in [7, 11) is 0. The van der Waals surface area contributed by atoms with Gasteiger partial charge in [-0.3, -0.25) is 15.5 Å². The highest BCUT2D eigenvalue weighted by Gasteiger charge is 2.35. The first-order chi connectivity index (χ1) is 18.7. The zero-order valence-corrected chi connectivity index (χ0v) is 25.3. The van der Waals surface area contributed by atoms with E-state index >= 15 is 0 Å². The molecule has 2 aliphatic heterocycles. The van der Waals surface area contributed by atoms with Crippen molar-refractivity contribution in [3.63, 3.8) is 0 Å². The first kappa shape index (κ1) is 29.0. The molecule has 5 unspecified atom stereocenters. The first-order valence-corrected chi connectivity index (χ1v) is 15.7. The monoisotopic (exact) mass is 552 g/mol. The average molecular weight is 553 g/mol. The molecule has 1 saturated carbocycles. The summed E-state index contributed by atoms with van der Waals surface area (Å²) in [5.74, 6) is 0.681. The van der Waals surface area contributed by atoms with E-state index in [0.717, 1.165) is 31.6 Å². The van der Waals surface area contributed by atoms with Gasteiger partial charge in [-0.1, -0.05) is 57.3 Å². The Morgan fingerprint density at radius 1 is 1.05 bits per heavy atom. The van der Waals surface area contributed by atoms with E-state index in [-0.39, 0.29) is 24.0 Å². The lowest BCUT2D eigenvalue weighted by atomic mass is 9.85. The number of hydrogen-bond donors (Lipinski definition) is 3. The molecule has 2 saturated heterocycles. The maximum absolute atomic E-state index is 6.82. The minimum atomic E-state index is -0.0330. The fourth-order valence-corrected chi connectivity index (χ4v) is 7.87. The second kappa shape index (κ2) is 13.0. The van der Waals surface area contributed by atoms with Crippen molar-refractivity contribution in [2.24, 2.45) is 11.3 Å². The van der Waals surface area contributed by atoms with Crippen LogP contribution in [0.3, 0.4) is 0 Å². The van der Waals surface area contributed by atoms with Gasteiger partial charge in [0.1, 0.15) is 12.5 Å². The molecule has 3 fully saturated rings. The number of benzene rings is 1. The van der Waals surface area contributed by atoms with Crippen LogP contribution in [0.4, 0.5) is 0 Å². The van der Waals surface area contributed by atoms with Crippen LogP contribution >= 0.6 is 11.9 Å². The van der Waals surface area contributed by atoms with Crippen molar-refractivity contribution in [2.45, 2.75) is 110 Å². The van der Waals surface area contributed by atoms with Gasteiger partial charge in [0.15, 0.2) is 0 Å². The normalized spacial score (nSPS) is 31.1. The molecule has 1 aromatic heterocycles. The third-order valence-corrected chi connectivity index (χ3v) is 9.62. The van der Waals surface area contributed by atoms with Gasteiger partial charge in [0.05, 0.1) is 12.3 Å². The molecule has 3 heterocycles. The Bertz CT molecular complexity index is 1040. The van der Waals surface area contributed by atoms with Gasteiger partial charge >= 0.3 is 0 Å². The zero-order valence-electron chi connectivity index (χ0n) is 24.5. The van der Waals surface area contributed by atoms with Crippen LogP contribution in [0, 0.1) is 25.2 Å². The van der Waals surface area contributed by atoms with Gasteiger partial charge < -0.3 is 4.74 Å². The lowest BCUT2D eigenvalue weighted by molar-refractivity contribution is -0.0516. The number of aromatic nitrogens is 2. The third kappa shape index (κ3) is 8.02. The van der Waals surface area contributed by atoms with Gasteiger partial charge in [-0.2, -0.15) is 10.2 Å². The average Bonchev–Trinajstić information content (AvgIpc) is 2.90. The highest BCUT2D eigenvalue weighted by Crippen LogP contribution is 2.35. The number of hydrogen-bond acceptors (Lipinski definition) is 8. The van der Waals surface area contributed by atoms with E-state index < -0.39 is 0 Å². The van der Waals surface area contributed by atoms with Gasteiger partial charge in [-0.25, -0.2) is 4.72 Å². The summed E-state index contributed by atoms with van der Waals surface area (Å²) in [6.07, 6.45) is 8.81. The van der Waals surface area contributed by atoms with Crippen LogP contribution in [0.2, 0.25) is 0 Å². The molecule has 39 heavy (non-hydrogen) atoms. The summed E-state index contributed by atoms with van der Waals surface area (Å²) in [6, 6.07) is 11.3. The van der Waals surface area contributed by atoms with Crippen molar-refractivity contribution in [2.75, 3.05) is 13.2 Å². The Kier molecular flexibility index (Phi) is 9.62. The van der Waals surface area contributed by atoms with Gasteiger partial charge in [0.25, 0.3) is 0 Å². The summed E-state index contributed by atoms with van der Waals surface area (Å²) in [5, 5.41) is 16.9. The molecule has 3 aliphatic rings. The molecule has 7 nitrogen and oxygen atoms in total. The minimum Gasteiger partial charge on any atom is -0.362 e. The van der Waals surface area contributed by atoms with Crippen LogP contribution in [0.1, 0.15) is 87.7 Å². The molecule has 3 N–H and O–H groups in total.